The van der Waals surface area contributed by atoms with E-state index in [1.807, 2.05) is 48.5 Å². The molecule has 1 aliphatic rings. The van der Waals surface area contributed by atoms with Crippen LogP contribution in [0.3, 0.4) is 0 Å². The number of ether oxygens (including phenoxy) is 2. The Morgan fingerprint density at radius 3 is 2.72 bits per heavy atom. The van der Waals surface area contributed by atoms with Crippen molar-refractivity contribution in [2.75, 3.05) is 18.6 Å². The maximum atomic E-state index is 12.9. The largest absolute Gasteiger partial charge is 0.497 e. The number of anilines is 1. The Labute approximate surface area is 146 Å². The number of fused-ring (bicyclic) bond motifs is 1. The lowest BCUT2D eigenvalue weighted by Crippen LogP contribution is -2.26. The first-order valence-corrected chi connectivity index (χ1v) is 8.06. The molecule has 0 aliphatic carbocycles. The lowest BCUT2D eigenvalue weighted by Gasteiger charge is -2.17. The second-order valence-electron chi connectivity index (χ2n) is 5.57. The number of carbonyl (C=O) groups is 2. The minimum Gasteiger partial charge on any atom is -0.497 e. The molecule has 0 bridgehead atoms. The summed E-state index contributed by atoms with van der Waals surface area (Å²) in [4.78, 5) is 26.4. The second-order valence-corrected chi connectivity index (χ2v) is 5.57. The molecule has 2 aromatic carbocycles. The minimum absolute atomic E-state index is 0.211. The summed E-state index contributed by atoms with van der Waals surface area (Å²) >= 11 is 0. The summed E-state index contributed by atoms with van der Waals surface area (Å²) in [7, 11) is 1.61. The number of nitrogens with zero attached hydrogens (tertiary/aromatic N) is 1. The van der Waals surface area contributed by atoms with Crippen LogP contribution in [0.4, 0.5) is 5.69 Å². The average Bonchev–Trinajstić information content (AvgIpc) is 2.88. The van der Waals surface area contributed by atoms with Gasteiger partial charge in [-0.25, -0.2) is 4.79 Å². The van der Waals surface area contributed by atoms with E-state index in [1.165, 1.54) is 6.08 Å². The number of methoxy groups -OCH3 is 1. The molecular weight excluding hydrogens is 318 g/mol. The van der Waals surface area contributed by atoms with Crippen molar-refractivity contribution >= 4 is 23.1 Å². The van der Waals surface area contributed by atoms with Crippen molar-refractivity contribution < 1.29 is 19.1 Å². The van der Waals surface area contributed by atoms with Gasteiger partial charge in [0.25, 0.3) is 5.91 Å². The second kappa shape index (κ2) is 7.21. The van der Waals surface area contributed by atoms with Crippen LogP contribution in [0, 0.1) is 0 Å². The smallest absolute Gasteiger partial charge is 0.331 e. The third kappa shape index (κ3) is 3.40. The number of esters is 1. The number of hydrogen-bond donors (Lipinski definition) is 0. The fourth-order valence-corrected chi connectivity index (χ4v) is 2.86. The van der Waals surface area contributed by atoms with Crippen LogP contribution in [0.1, 0.15) is 18.1 Å². The van der Waals surface area contributed by atoms with Gasteiger partial charge in [0.05, 0.1) is 31.5 Å². The third-order valence-corrected chi connectivity index (χ3v) is 3.98. The molecule has 0 N–H and O–H groups in total. The predicted octanol–water partition coefficient (Wildman–Crippen LogP) is 3.19. The topological polar surface area (TPSA) is 55.8 Å². The van der Waals surface area contributed by atoms with Gasteiger partial charge in [-0.3, -0.25) is 4.79 Å². The van der Waals surface area contributed by atoms with E-state index in [9.17, 15) is 9.59 Å². The molecule has 0 atom stereocenters. The standard InChI is InChI=1S/C20H19NO4/c1-3-25-19(22)12-17-16-9-4-5-10-18(16)21(20(17)23)13-14-7-6-8-15(11-14)24-2/h4-12H,3,13H2,1-2H3. The molecule has 5 nitrogen and oxygen atoms in total. The van der Waals surface area contributed by atoms with E-state index in [0.29, 0.717) is 12.1 Å². The lowest BCUT2D eigenvalue weighted by molar-refractivity contribution is -0.137. The molecule has 0 aromatic heterocycles. The van der Waals surface area contributed by atoms with E-state index in [0.717, 1.165) is 22.6 Å². The molecule has 3 rings (SSSR count). The SMILES string of the molecule is CCOC(=O)C=C1C(=O)N(Cc2cccc(OC)c2)c2ccccc21. The van der Waals surface area contributed by atoms with Crippen LogP contribution in [0.25, 0.3) is 5.57 Å². The minimum atomic E-state index is -0.510. The molecule has 0 fully saturated rings. The van der Waals surface area contributed by atoms with E-state index >= 15 is 0 Å². The van der Waals surface area contributed by atoms with Crippen molar-refractivity contribution in [2.45, 2.75) is 13.5 Å². The van der Waals surface area contributed by atoms with Gasteiger partial charge < -0.3 is 14.4 Å². The molecule has 5 heteroatoms. The van der Waals surface area contributed by atoms with Crippen LogP contribution in [0.2, 0.25) is 0 Å². The summed E-state index contributed by atoms with van der Waals surface area (Å²) in [5.74, 6) is 0.0145. The van der Waals surface area contributed by atoms with Crippen molar-refractivity contribution in [3.8, 4) is 5.75 Å². The molecule has 1 aliphatic heterocycles. The molecule has 0 saturated heterocycles. The third-order valence-electron chi connectivity index (χ3n) is 3.98. The summed E-state index contributed by atoms with van der Waals surface area (Å²) in [5, 5.41) is 0. The predicted molar refractivity (Wildman–Crippen MR) is 95.2 cm³/mol. The Balaban J connectivity index is 1.95. The van der Waals surface area contributed by atoms with Gasteiger partial charge in [0.1, 0.15) is 5.75 Å². The number of hydrogen-bond acceptors (Lipinski definition) is 4. The number of benzene rings is 2. The first-order valence-electron chi connectivity index (χ1n) is 8.06. The summed E-state index contributed by atoms with van der Waals surface area (Å²) in [6.45, 7) is 2.40. The highest BCUT2D eigenvalue weighted by Gasteiger charge is 2.32. The van der Waals surface area contributed by atoms with Crippen LogP contribution < -0.4 is 9.64 Å². The Kier molecular flexibility index (Phi) is 4.84. The van der Waals surface area contributed by atoms with Crippen molar-refractivity contribution in [1.82, 2.24) is 0 Å². The molecule has 0 unspecified atom stereocenters. The Morgan fingerprint density at radius 2 is 1.96 bits per heavy atom. The van der Waals surface area contributed by atoms with Crippen molar-refractivity contribution in [3.05, 3.63) is 65.7 Å². The van der Waals surface area contributed by atoms with E-state index in [4.69, 9.17) is 9.47 Å². The Morgan fingerprint density at radius 1 is 1.16 bits per heavy atom. The summed E-state index contributed by atoms with van der Waals surface area (Å²) < 4.78 is 10.2. The molecule has 1 heterocycles. The molecule has 2 aromatic rings. The number of para-hydroxylation sites is 1. The monoisotopic (exact) mass is 337 g/mol. The van der Waals surface area contributed by atoms with Crippen molar-refractivity contribution in [3.63, 3.8) is 0 Å². The zero-order chi connectivity index (χ0) is 17.8. The van der Waals surface area contributed by atoms with E-state index in [1.54, 1.807) is 18.9 Å². The highest BCUT2D eigenvalue weighted by Crippen LogP contribution is 2.37. The normalized spacial score (nSPS) is 14.6. The molecule has 128 valence electrons. The molecule has 0 saturated carbocycles. The molecular formula is C20H19NO4. The Hall–Kier alpha value is -3.08. The molecule has 25 heavy (non-hydrogen) atoms. The lowest BCUT2D eigenvalue weighted by atomic mass is 10.1. The van der Waals surface area contributed by atoms with Crippen molar-refractivity contribution in [2.24, 2.45) is 0 Å². The first-order chi connectivity index (χ1) is 12.1. The zero-order valence-corrected chi connectivity index (χ0v) is 14.2. The van der Waals surface area contributed by atoms with Crippen LogP contribution in [-0.2, 0) is 20.9 Å². The quantitative estimate of drug-likeness (QED) is 0.621. The van der Waals surface area contributed by atoms with Gasteiger partial charge in [0, 0.05) is 11.6 Å². The Bertz CT molecular complexity index is 841. The van der Waals surface area contributed by atoms with Crippen LogP contribution in [-0.4, -0.2) is 25.6 Å². The summed E-state index contributed by atoms with van der Waals surface area (Å²) in [6.07, 6.45) is 1.27. The van der Waals surface area contributed by atoms with E-state index in [2.05, 4.69) is 0 Å². The zero-order valence-electron chi connectivity index (χ0n) is 14.2. The van der Waals surface area contributed by atoms with Gasteiger partial charge >= 0.3 is 5.97 Å². The van der Waals surface area contributed by atoms with Gasteiger partial charge in [0.15, 0.2) is 0 Å². The van der Waals surface area contributed by atoms with Gasteiger partial charge in [-0.1, -0.05) is 30.3 Å². The number of amides is 1. The summed E-state index contributed by atoms with van der Waals surface area (Å²) in [6, 6.07) is 15.0. The fraction of sp³-hybridized carbons (Fsp3) is 0.200. The summed E-state index contributed by atoms with van der Waals surface area (Å²) in [5.41, 5.74) is 2.83. The van der Waals surface area contributed by atoms with E-state index in [-0.39, 0.29) is 12.5 Å². The highest BCUT2D eigenvalue weighted by atomic mass is 16.5. The highest BCUT2D eigenvalue weighted by molar-refractivity contribution is 6.34. The van der Waals surface area contributed by atoms with Gasteiger partial charge in [-0.2, -0.15) is 0 Å². The average molecular weight is 337 g/mol. The van der Waals surface area contributed by atoms with E-state index < -0.39 is 5.97 Å². The molecule has 1 amide bonds. The van der Waals surface area contributed by atoms with Gasteiger partial charge in [-0.05, 0) is 30.7 Å². The number of rotatable bonds is 5. The van der Waals surface area contributed by atoms with Crippen LogP contribution in [0.5, 0.6) is 5.75 Å². The van der Waals surface area contributed by atoms with Crippen LogP contribution in [0.15, 0.2) is 54.6 Å². The molecule has 0 radical (unpaired) electrons. The van der Waals surface area contributed by atoms with Crippen LogP contribution >= 0.6 is 0 Å². The fourth-order valence-electron chi connectivity index (χ4n) is 2.86. The maximum absolute atomic E-state index is 12.9. The maximum Gasteiger partial charge on any atom is 0.331 e. The van der Waals surface area contributed by atoms with Gasteiger partial charge in [0.2, 0.25) is 0 Å². The number of carbonyl (C=O) groups excluding carboxylic acids is 2. The molecule has 0 spiro atoms. The first kappa shape index (κ1) is 16.8. The van der Waals surface area contributed by atoms with Crippen molar-refractivity contribution in [1.29, 1.82) is 0 Å². The van der Waals surface area contributed by atoms with Gasteiger partial charge in [-0.15, -0.1) is 0 Å².